The van der Waals surface area contributed by atoms with E-state index in [1.54, 1.807) is 6.07 Å². The van der Waals surface area contributed by atoms with Gasteiger partial charge < -0.3 is 15.0 Å². The molecule has 1 aliphatic rings. The number of pyridine rings is 1. The lowest BCUT2D eigenvalue weighted by atomic mass is 10.0. The summed E-state index contributed by atoms with van der Waals surface area (Å²) in [7, 11) is 0. The number of aromatic nitrogens is 1. The van der Waals surface area contributed by atoms with Gasteiger partial charge in [0.15, 0.2) is 0 Å². The Labute approximate surface area is 195 Å². The summed E-state index contributed by atoms with van der Waals surface area (Å²) < 4.78 is 6.44. The van der Waals surface area contributed by atoms with Gasteiger partial charge in [0.1, 0.15) is 5.60 Å². The average Bonchev–Trinajstić information content (AvgIpc) is 2.60. The Balaban J connectivity index is 1.75. The van der Waals surface area contributed by atoms with Crippen LogP contribution in [0.25, 0.3) is 11.1 Å². The maximum absolute atomic E-state index is 12.1. The average molecular weight is 548 g/mol. The summed E-state index contributed by atoms with van der Waals surface area (Å²) in [5.74, 6) is 0. The molecule has 5 nitrogen and oxygen atoms in total. The lowest BCUT2D eigenvalue weighted by Gasteiger charge is -2.35. The molecule has 1 aromatic carbocycles. The molecule has 3 rings (SSSR count). The van der Waals surface area contributed by atoms with Crippen LogP contribution >= 0.6 is 45.8 Å². The van der Waals surface area contributed by atoms with Gasteiger partial charge in [-0.3, -0.25) is 4.98 Å². The lowest BCUT2D eigenvalue weighted by molar-refractivity contribution is 0.0497. The molecule has 0 radical (unpaired) electrons. The molecule has 2 aromatic rings. The van der Waals surface area contributed by atoms with Gasteiger partial charge >= 0.3 is 6.09 Å². The predicted molar refractivity (Wildman–Crippen MR) is 127 cm³/mol. The molecular formula is C21H24Cl2IN3O2. The first-order valence-corrected chi connectivity index (χ1v) is 11.3. The molecule has 0 aliphatic carbocycles. The molecule has 1 fully saturated rings. The summed E-state index contributed by atoms with van der Waals surface area (Å²) in [4.78, 5) is 18.8. The predicted octanol–water partition coefficient (Wildman–Crippen LogP) is 6.15. The number of benzene rings is 1. The molecule has 1 amide bonds. The number of amides is 1. The molecule has 1 aromatic heterocycles. The number of rotatable bonds is 3. The van der Waals surface area contributed by atoms with E-state index >= 15 is 0 Å². The minimum Gasteiger partial charge on any atom is -0.444 e. The molecule has 0 unspecified atom stereocenters. The summed E-state index contributed by atoms with van der Waals surface area (Å²) in [5.41, 5.74) is 2.57. The number of anilines is 1. The van der Waals surface area contributed by atoms with E-state index in [1.165, 1.54) is 0 Å². The number of piperidine rings is 1. The van der Waals surface area contributed by atoms with Crippen molar-refractivity contribution in [2.75, 3.05) is 18.0 Å². The van der Waals surface area contributed by atoms with Crippen molar-refractivity contribution in [3.63, 3.8) is 0 Å². The normalized spacial score (nSPS) is 15.3. The molecule has 2 heterocycles. The van der Waals surface area contributed by atoms with Crippen molar-refractivity contribution < 1.29 is 9.53 Å². The summed E-state index contributed by atoms with van der Waals surface area (Å²) >= 11 is 14.8. The van der Waals surface area contributed by atoms with Crippen LogP contribution in [0.5, 0.6) is 0 Å². The van der Waals surface area contributed by atoms with Crippen LogP contribution in [-0.2, 0) is 4.74 Å². The number of ether oxygens (including phenoxy) is 1. The van der Waals surface area contributed by atoms with Gasteiger partial charge in [-0.05, 0) is 80.0 Å². The first-order valence-electron chi connectivity index (χ1n) is 9.47. The van der Waals surface area contributed by atoms with Crippen molar-refractivity contribution in [1.82, 2.24) is 10.3 Å². The highest BCUT2D eigenvalue weighted by atomic mass is 127. The first kappa shape index (κ1) is 22.4. The Morgan fingerprint density at radius 3 is 2.38 bits per heavy atom. The SMILES string of the molecule is CC(C)(C)OC(=O)NC1CCN(c2c(I)cncc2-c2cc(Cl)cc(Cl)c2)CC1. The summed E-state index contributed by atoms with van der Waals surface area (Å²) in [6, 6.07) is 5.63. The minimum atomic E-state index is -0.495. The number of nitrogens with one attached hydrogen (secondary N) is 1. The Kier molecular flexibility index (Phi) is 7.17. The van der Waals surface area contributed by atoms with Gasteiger partial charge in [0, 0.05) is 47.1 Å². The summed E-state index contributed by atoms with van der Waals surface area (Å²) in [6.45, 7) is 7.24. The van der Waals surface area contributed by atoms with Gasteiger partial charge in [0.05, 0.1) is 9.26 Å². The van der Waals surface area contributed by atoms with Crippen molar-refractivity contribution in [2.24, 2.45) is 0 Å². The highest BCUT2D eigenvalue weighted by molar-refractivity contribution is 14.1. The van der Waals surface area contributed by atoms with Crippen LogP contribution in [0.2, 0.25) is 10.0 Å². The second-order valence-corrected chi connectivity index (χ2v) is 10.1. The summed E-state index contributed by atoms with van der Waals surface area (Å²) in [5, 5.41) is 4.18. The fourth-order valence-corrected chi connectivity index (χ4v) is 4.71. The van der Waals surface area contributed by atoms with E-state index in [9.17, 15) is 4.79 Å². The van der Waals surface area contributed by atoms with E-state index in [-0.39, 0.29) is 12.1 Å². The van der Waals surface area contributed by atoms with Crippen LogP contribution < -0.4 is 10.2 Å². The maximum atomic E-state index is 12.1. The van der Waals surface area contributed by atoms with Gasteiger partial charge in [0.2, 0.25) is 0 Å². The third-order valence-corrected chi connectivity index (χ3v) is 5.80. The van der Waals surface area contributed by atoms with E-state index in [1.807, 2.05) is 45.3 Å². The van der Waals surface area contributed by atoms with Crippen molar-refractivity contribution >= 4 is 57.6 Å². The van der Waals surface area contributed by atoms with Crippen molar-refractivity contribution in [2.45, 2.75) is 45.3 Å². The smallest absolute Gasteiger partial charge is 0.407 e. The molecule has 0 atom stereocenters. The van der Waals surface area contributed by atoms with E-state index in [2.05, 4.69) is 37.8 Å². The van der Waals surface area contributed by atoms with E-state index in [4.69, 9.17) is 27.9 Å². The Morgan fingerprint density at radius 2 is 1.79 bits per heavy atom. The topological polar surface area (TPSA) is 54.5 Å². The number of nitrogens with zero attached hydrogens (tertiary/aromatic N) is 2. The van der Waals surface area contributed by atoms with E-state index in [0.717, 1.165) is 46.3 Å². The zero-order valence-electron chi connectivity index (χ0n) is 16.6. The Bertz CT molecular complexity index is 874. The molecule has 1 saturated heterocycles. The van der Waals surface area contributed by atoms with Crippen LogP contribution in [0.3, 0.4) is 0 Å². The van der Waals surface area contributed by atoms with Gasteiger partial charge in [-0.25, -0.2) is 4.79 Å². The Morgan fingerprint density at radius 1 is 1.17 bits per heavy atom. The standard InChI is InChI=1S/C21H24Cl2IN3O2/c1-21(2,3)29-20(28)26-16-4-6-27(7-5-16)19-17(11-25-12-18(19)24)13-8-14(22)10-15(23)9-13/h8-12,16H,4-7H2,1-3H3,(H,26,28). The number of carbonyl (C=O) groups is 1. The van der Waals surface area contributed by atoms with Crippen LogP contribution in [0, 0.1) is 3.57 Å². The third-order valence-electron chi connectivity index (χ3n) is 4.58. The molecule has 1 N–H and O–H groups in total. The van der Waals surface area contributed by atoms with Crippen LogP contribution in [0.1, 0.15) is 33.6 Å². The fraction of sp³-hybridized carbons (Fsp3) is 0.429. The molecule has 8 heteroatoms. The third kappa shape index (κ3) is 6.12. The molecule has 0 bridgehead atoms. The first-order chi connectivity index (χ1) is 13.6. The van der Waals surface area contributed by atoms with Crippen LogP contribution in [0.4, 0.5) is 10.5 Å². The van der Waals surface area contributed by atoms with Gasteiger partial charge in [-0.1, -0.05) is 23.2 Å². The van der Waals surface area contributed by atoms with Crippen LogP contribution in [0.15, 0.2) is 30.6 Å². The maximum Gasteiger partial charge on any atom is 0.407 e. The van der Waals surface area contributed by atoms with E-state index < -0.39 is 5.60 Å². The number of alkyl carbamates (subject to hydrolysis) is 1. The Hall–Kier alpha value is -1.25. The number of carbonyl (C=O) groups excluding carboxylic acids is 1. The van der Waals surface area contributed by atoms with Crippen molar-refractivity contribution in [1.29, 1.82) is 0 Å². The van der Waals surface area contributed by atoms with Gasteiger partial charge in [-0.15, -0.1) is 0 Å². The molecule has 1 aliphatic heterocycles. The highest BCUT2D eigenvalue weighted by Crippen LogP contribution is 2.37. The molecular weight excluding hydrogens is 524 g/mol. The number of hydrogen-bond donors (Lipinski definition) is 1. The number of halogens is 3. The lowest BCUT2D eigenvalue weighted by Crippen LogP contribution is -2.46. The zero-order valence-corrected chi connectivity index (χ0v) is 20.3. The number of hydrogen-bond acceptors (Lipinski definition) is 4. The van der Waals surface area contributed by atoms with Crippen molar-refractivity contribution in [3.05, 3.63) is 44.2 Å². The largest absolute Gasteiger partial charge is 0.444 e. The molecule has 29 heavy (non-hydrogen) atoms. The van der Waals surface area contributed by atoms with Crippen LogP contribution in [-0.4, -0.2) is 35.8 Å². The molecule has 156 valence electrons. The molecule has 0 saturated carbocycles. The zero-order chi connectivity index (χ0) is 21.2. The summed E-state index contributed by atoms with van der Waals surface area (Å²) in [6.07, 6.45) is 5.03. The fourth-order valence-electron chi connectivity index (χ4n) is 3.39. The molecule has 0 spiro atoms. The minimum absolute atomic E-state index is 0.102. The quantitative estimate of drug-likeness (QED) is 0.468. The second kappa shape index (κ2) is 9.27. The monoisotopic (exact) mass is 547 g/mol. The van der Waals surface area contributed by atoms with E-state index in [0.29, 0.717) is 10.0 Å². The van der Waals surface area contributed by atoms with Gasteiger partial charge in [-0.2, -0.15) is 0 Å². The highest BCUT2D eigenvalue weighted by Gasteiger charge is 2.26. The second-order valence-electron chi connectivity index (χ2n) is 8.08. The van der Waals surface area contributed by atoms with Crippen molar-refractivity contribution in [3.8, 4) is 11.1 Å². The van der Waals surface area contributed by atoms with Gasteiger partial charge in [0.25, 0.3) is 0 Å².